The Labute approximate surface area is 164 Å². The zero-order chi connectivity index (χ0) is 19.3. The smallest absolute Gasteiger partial charge is 0.228 e. The van der Waals surface area contributed by atoms with E-state index in [9.17, 15) is 9.59 Å². The quantitative estimate of drug-likeness (QED) is 0.682. The zero-order valence-electron chi connectivity index (χ0n) is 15.7. The van der Waals surface area contributed by atoms with Crippen molar-refractivity contribution in [2.75, 3.05) is 10.6 Å². The summed E-state index contributed by atoms with van der Waals surface area (Å²) in [6, 6.07) is 11.1. The molecule has 1 aromatic carbocycles. The van der Waals surface area contributed by atoms with Crippen LogP contribution in [0.3, 0.4) is 0 Å². The highest BCUT2D eigenvalue weighted by atomic mass is 16.2. The first-order chi connectivity index (χ1) is 13.7. The van der Waals surface area contributed by atoms with Crippen molar-refractivity contribution in [3.8, 4) is 0 Å². The number of carbonyl (C=O) groups excluding carboxylic acids is 2. The number of benzene rings is 1. The Hall–Kier alpha value is -3.15. The van der Waals surface area contributed by atoms with Gasteiger partial charge in [-0.3, -0.25) is 9.59 Å². The number of anilines is 2. The molecule has 1 aliphatic rings. The molecule has 0 spiro atoms. The molecule has 2 aromatic heterocycles. The van der Waals surface area contributed by atoms with Crippen molar-refractivity contribution in [2.24, 2.45) is 5.92 Å². The summed E-state index contributed by atoms with van der Waals surface area (Å²) >= 11 is 0. The van der Waals surface area contributed by atoms with Crippen molar-refractivity contribution in [1.82, 2.24) is 9.38 Å². The predicted octanol–water partition coefficient (Wildman–Crippen LogP) is 4.03. The number of carbonyl (C=O) groups is 2. The lowest BCUT2D eigenvalue weighted by atomic mass is 10.0. The fraction of sp³-hybridized carbons (Fsp3) is 0.318. The molecule has 0 radical (unpaired) electrons. The van der Waals surface area contributed by atoms with Crippen molar-refractivity contribution in [3.05, 3.63) is 60.6 Å². The Morgan fingerprint density at radius 3 is 2.36 bits per heavy atom. The standard InChI is InChI=1S/C22H24N4O2/c27-21(13-16-3-1-2-4-16)24-18-6-8-19(9-7-18)25-22(28)14-17-5-10-20-23-11-12-26(20)15-17/h5-12,15-16H,1-4,13-14H2,(H,24,27)(H,25,28). The van der Waals surface area contributed by atoms with Gasteiger partial charge in [0, 0.05) is 36.4 Å². The van der Waals surface area contributed by atoms with Gasteiger partial charge in [0.1, 0.15) is 5.65 Å². The fourth-order valence-electron chi connectivity index (χ4n) is 3.79. The minimum Gasteiger partial charge on any atom is -0.326 e. The molecular formula is C22H24N4O2. The van der Waals surface area contributed by atoms with E-state index in [1.165, 1.54) is 12.8 Å². The van der Waals surface area contributed by atoms with Crippen LogP contribution in [0.15, 0.2) is 55.0 Å². The van der Waals surface area contributed by atoms with E-state index >= 15 is 0 Å². The maximum atomic E-state index is 12.3. The summed E-state index contributed by atoms with van der Waals surface area (Å²) in [6.45, 7) is 0. The van der Waals surface area contributed by atoms with Gasteiger partial charge >= 0.3 is 0 Å². The molecule has 1 saturated carbocycles. The van der Waals surface area contributed by atoms with Crippen LogP contribution in [0.25, 0.3) is 5.65 Å². The Bertz CT molecular complexity index is 972. The van der Waals surface area contributed by atoms with E-state index in [-0.39, 0.29) is 18.2 Å². The van der Waals surface area contributed by atoms with Gasteiger partial charge in [-0.25, -0.2) is 4.98 Å². The second-order valence-corrected chi connectivity index (χ2v) is 7.44. The maximum Gasteiger partial charge on any atom is 0.228 e. The highest BCUT2D eigenvalue weighted by Gasteiger charge is 2.18. The fourth-order valence-corrected chi connectivity index (χ4v) is 3.79. The number of nitrogens with one attached hydrogen (secondary N) is 2. The number of nitrogens with zero attached hydrogens (tertiary/aromatic N) is 2. The van der Waals surface area contributed by atoms with Gasteiger partial charge in [-0.2, -0.15) is 0 Å². The van der Waals surface area contributed by atoms with Gasteiger partial charge in [0.15, 0.2) is 0 Å². The largest absolute Gasteiger partial charge is 0.326 e. The van der Waals surface area contributed by atoms with Gasteiger partial charge in [0.05, 0.1) is 6.42 Å². The van der Waals surface area contributed by atoms with E-state index in [4.69, 9.17) is 0 Å². The van der Waals surface area contributed by atoms with E-state index in [1.54, 1.807) is 6.20 Å². The monoisotopic (exact) mass is 376 g/mol. The average molecular weight is 376 g/mol. The summed E-state index contributed by atoms with van der Waals surface area (Å²) in [7, 11) is 0. The van der Waals surface area contributed by atoms with Crippen LogP contribution in [-0.4, -0.2) is 21.2 Å². The zero-order valence-corrected chi connectivity index (χ0v) is 15.7. The van der Waals surface area contributed by atoms with Crippen LogP contribution < -0.4 is 10.6 Å². The summed E-state index contributed by atoms with van der Waals surface area (Å²) in [5.74, 6) is 0.510. The second kappa shape index (κ2) is 8.25. The molecule has 1 fully saturated rings. The molecule has 144 valence electrons. The molecule has 6 nitrogen and oxygen atoms in total. The molecule has 3 aromatic rings. The lowest BCUT2D eigenvalue weighted by molar-refractivity contribution is -0.117. The van der Waals surface area contributed by atoms with E-state index in [0.717, 1.165) is 29.7 Å². The third-order valence-corrected chi connectivity index (χ3v) is 5.22. The van der Waals surface area contributed by atoms with E-state index in [2.05, 4.69) is 15.6 Å². The second-order valence-electron chi connectivity index (χ2n) is 7.44. The van der Waals surface area contributed by atoms with Crippen LogP contribution in [0, 0.1) is 5.92 Å². The van der Waals surface area contributed by atoms with E-state index < -0.39 is 0 Å². The molecule has 2 heterocycles. The molecule has 1 aliphatic carbocycles. The van der Waals surface area contributed by atoms with Crippen LogP contribution in [0.1, 0.15) is 37.7 Å². The minimum absolute atomic E-state index is 0.0681. The highest BCUT2D eigenvalue weighted by molar-refractivity contribution is 5.93. The van der Waals surface area contributed by atoms with Crippen LogP contribution in [0.5, 0.6) is 0 Å². The van der Waals surface area contributed by atoms with Crippen LogP contribution in [-0.2, 0) is 16.0 Å². The Kier molecular flexibility index (Phi) is 5.37. The summed E-state index contributed by atoms with van der Waals surface area (Å²) < 4.78 is 1.89. The number of fused-ring (bicyclic) bond motifs is 1. The number of pyridine rings is 1. The Balaban J connectivity index is 1.29. The maximum absolute atomic E-state index is 12.3. The minimum atomic E-state index is -0.0857. The highest BCUT2D eigenvalue weighted by Crippen LogP contribution is 2.27. The molecule has 0 saturated heterocycles. The molecule has 0 unspecified atom stereocenters. The van der Waals surface area contributed by atoms with Crippen molar-refractivity contribution in [1.29, 1.82) is 0 Å². The molecule has 0 bridgehead atoms. The van der Waals surface area contributed by atoms with Crippen molar-refractivity contribution in [2.45, 2.75) is 38.5 Å². The third-order valence-electron chi connectivity index (χ3n) is 5.22. The lowest BCUT2D eigenvalue weighted by Crippen LogP contribution is -2.16. The predicted molar refractivity (Wildman–Crippen MR) is 109 cm³/mol. The normalized spacial score (nSPS) is 14.3. The molecule has 2 N–H and O–H groups in total. The summed E-state index contributed by atoms with van der Waals surface area (Å²) in [5, 5.41) is 5.84. The van der Waals surface area contributed by atoms with Gasteiger partial charge in [-0.05, 0) is 54.7 Å². The molecule has 2 amide bonds. The first-order valence-electron chi connectivity index (χ1n) is 9.77. The van der Waals surface area contributed by atoms with E-state index in [0.29, 0.717) is 18.0 Å². The third kappa shape index (κ3) is 4.57. The Morgan fingerprint density at radius 1 is 0.964 bits per heavy atom. The lowest BCUT2D eigenvalue weighted by Gasteiger charge is -2.10. The summed E-state index contributed by atoms with van der Waals surface area (Å²) in [4.78, 5) is 28.6. The molecule has 28 heavy (non-hydrogen) atoms. The van der Waals surface area contributed by atoms with Gasteiger partial charge in [-0.15, -0.1) is 0 Å². The molecule has 0 atom stereocenters. The van der Waals surface area contributed by atoms with E-state index in [1.807, 2.05) is 53.2 Å². The number of amides is 2. The summed E-state index contributed by atoms with van der Waals surface area (Å²) in [5.41, 5.74) is 3.24. The first kappa shape index (κ1) is 18.2. The number of aromatic nitrogens is 2. The summed E-state index contributed by atoms with van der Waals surface area (Å²) in [6.07, 6.45) is 11.2. The van der Waals surface area contributed by atoms with Gasteiger partial charge in [-0.1, -0.05) is 18.9 Å². The average Bonchev–Trinajstić information content (AvgIpc) is 3.34. The Morgan fingerprint density at radius 2 is 1.64 bits per heavy atom. The molecule has 0 aliphatic heterocycles. The molecule has 6 heteroatoms. The van der Waals surface area contributed by atoms with Crippen LogP contribution in [0.2, 0.25) is 0 Å². The van der Waals surface area contributed by atoms with Crippen molar-refractivity contribution in [3.63, 3.8) is 0 Å². The number of imidazole rings is 1. The van der Waals surface area contributed by atoms with Crippen LogP contribution in [0.4, 0.5) is 11.4 Å². The SMILES string of the molecule is O=C(Cc1ccc2nccn2c1)Nc1ccc(NC(=O)CC2CCCC2)cc1. The van der Waals surface area contributed by atoms with Crippen LogP contribution >= 0.6 is 0 Å². The number of hydrogen-bond acceptors (Lipinski definition) is 3. The van der Waals surface area contributed by atoms with Crippen molar-refractivity contribution < 1.29 is 9.59 Å². The topological polar surface area (TPSA) is 75.5 Å². The van der Waals surface area contributed by atoms with Crippen molar-refractivity contribution >= 4 is 28.8 Å². The molecule has 4 rings (SSSR count). The van der Waals surface area contributed by atoms with Gasteiger partial charge in [0.2, 0.25) is 11.8 Å². The van der Waals surface area contributed by atoms with Gasteiger partial charge in [0.25, 0.3) is 0 Å². The first-order valence-corrected chi connectivity index (χ1v) is 9.77. The van der Waals surface area contributed by atoms with Gasteiger partial charge < -0.3 is 15.0 Å². The number of hydrogen-bond donors (Lipinski definition) is 2. The number of rotatable bonds is 6. The molecular weight excluding hydrogens is 352 g/mol.